The number of halogens is 1. The third-order valence-electron chi connectivity index (χ3n) is 3.50. The first-order valence-corrected chi connectivity index (χ1v) is 7.44. The van der Waals surface area contributed by atoms with E-state index in [0.29, 0.717) is 0 Å². The highest BCUT2D eigenvalue weighted by atomic mass is 35.5. The molecular weight excluding hydrogens is 294 g/mol. The minimum Gasteiger partial charge on any atom is -0.381 e. The number of hydrogen-bond donors (Lipinski definition) is 1. The van der Waals surface area contributed by atoms with E-state index in [4.69, 9.17) is 11.6 Å². The summed E-state index contributed by atoms with van der Waals surface area (Å²) in [4.78, 5) is 8.07. The number of rotatable bonds is 4. The Morgan fingerprint density at radius 1 is 0.955 bits per heavy atom. The van der Waals surface area contributed by atoms with Crippen molar-refractivity contribution < 1.29 is 0 Å². The minimum atomic E-state index is 0.770. The average molecular weight is 310 g/mol. The van der Waals surface area contributed by atoms with Crippen molar-refractivity contribution in [2.24, 2.45) is 0 Å². The lowest BCUT2D eigenvalue weighted by Gasteiger charge is -2.09. The van der Waals surface area contributed by atoms with Gasteiger partial charge in [0.05, 0.1) is 0 Å². The van der Waals surface area contributed by atoms with E-state index in [1.807, 2.05) is 31.5 Å². The summed E-state index contributed by atoms with van der Waals surface area (Å²) in [6.07, 6.45) is 5.16. The van der Waals surface area contributed by atoms with E-state index in [1.54, 1.807) is 0 Å². The first-order valence-electron chi connectivity index (χ1n) is 7.07. The molecule has 1 heterocycles. The second-order valence-electron chi connectivity index (χ2n) is 5.14. The van der Waals surface area contributed by atoms with Crippen molar-refractivity contribution in [1.29, 1.82) is 0 Å². The molecule has 0 aliphatic carbocycles. The predicted molar refractivity (Wildman–Crippen MR) is 91.0 cm³/mol. The summed E-state index contributed by atoms with van der Waals surface area (Å²) >= 11 is 6.04. The molecule has 1 aromatic heterocycles. The zero-order valence-electron chi connectivity index (χ0n) is 12.3. The van der Waals surface area contributed by atoms with Crippen molar-refractivity contribution in [2.45, 2.75) is 13.5 Å². The smallest absolute Gasteiger partial charge is 0.115 e. The number of aryl methyl sites for hydroxylation is 1. The number of anilines is 1. The number of nitrogens with zero attached hydrogens (tertiary/aromatic N) is 2. The molecule has 0 spiro atoms. The van der Waals surface area contributed by atoms with Crippen LogP contribution < -0.4 is 5.32 Å². The molecule has 2 aromatic carbocycles. The van der Waals surface area contributed by atoms with Gasteiger partial charge in [0.15, 0.2) is 0 Å². The average Bonchev–Trinajstić information content (AvgIpc) is 2.57. The number of hydrogen-bond acceptors (Lipinski definition) is 3. The standard InChI is InChI=1S/C18H16ClN3/c1-13-8-14(2-7-18(13)19)9-22-17-5-3-15(4-6-17)16-10-20-12-21-11-16/h2-8,10-12,22H,9H2,1H3. The molecule has 3 aromatic rings. The van der Waals surface area contributed by atoms with E-state index in [9.17, 15) is 0 Å². The number of nitrogens with one attached hydrogen (secondary N) is 1. The minimum absolute atomic E-state index is 0.770. The van der Waals surface area contributed by atoms with Gasteiger partial charge in [-0.25, -0.2) is 9.97 Å². The monoisotopic (exact) mass is 309 g/mol. The van der Waals surface area contributed by atoms with Gasteiger partial charge in [0, 0.05) is 35.2 Å². The van der Waals surface area contributed by atoms with Gasteiger partial charge in [0.2, 0.25) is 0 Å². The van der Waals surface area contributed by atoms with Crippen molar-refractivity contribution in [3.63, 3.8) is 0 Å². The van der Waals surface area contributed by atoms with E-state index in [2.05, 4.69) is 45.6 Å². The van der Waals surface area contributed by atoms with E-state index < -0.39 is 0 Å². The molecule has 0 saturated heterocycles. The maximum absolute atomic E-state index is 6.04. The fraction of sp³-hybridized carbons (Fsp3) is 0.111. The number of aromatic nitrogens is 2. The summed E-state index contributed by atoms with van der Waals surface area (Å²) in [5.41, 5.74) is 5.51. The van der Waals surface area contributed by atoms with E-state index in [0.717, 1.165) is 33.9 Å². The molecule has 4 heteroatoms. The molecule has 0 radical (unpaired) electrons. The summed E-state index contributed by atoms with van der Waals surface area (Å²) in [6.45, 7) is 2.79. The zero-order valence-corrected chi connectivity index (χ0v) is 13.0. The van der Waals surface area contributed by atoms with Gasteiger partial charge in [-0.1, -0.05) is 35.9 Å². The van der Waals surface area contributed by atoms with Gasteiger partial charge in [-0.15, -0.1) is 0 Å². The predicted octanol–water partition coefficient (Wildman–Crippen LogP) is 4.72. The van der Waals surface area contributed by atoms with Crippen LogP contribution in [-0.2, 0) is 6.54 Å². The van der Waals surface area contributed by atoms with Crippen molar-refractivity contribution >= 4 is 17.3 Å². The molecule has 0 saturated carbocycles. The van der Waals surface area contributed by atoms with Gasteiger partial charge < -0.3 is 5.32 Å². The van der Waals surface area contributed by atoms with Crippen LogP contribution in [0.1, 0.15) is 11.1 Å². The Hall–Kier alpha value is -2.39. The molecule has 1 N–H and O–H groups in total. The molecule has 0 unspecified atom stereocenters. The fourth-order valence-electron chi connectivity index (χ4n) is 2.25. The van der Waals surface area contributed by atoms with E-state index in [-0.39, 0.29) is 0 Å². The highest BCUT2D eigenvalue weighted by Crippen LogP contribution is 2.21. The van der Waals surface area contributed by atoms with Crippen LogP contribution in [0.25, 0.3) is 11.1 Å². The Balaban J connectivity index is 1.67. The molecule has 0 aliphatic heterocycles. The van der Waals surface area contributed by atoms with E-state index in [1.165, 1.54) is 11.9 Å². The lowest BCUT2D eigenvalue weighted by atomic mass is 10.1. The molecule has 0 bridgehead atoms. The fourth-order valence-corrected chi connectivity index (χ4v) is 2.37. The first kappa shape index (κ1) is 14.5. The Morgan fingerprint density at radius 2 is 1.68 bits per heavy atom. The second-order valence-corrected chi connectivity index (χ2v) is 5.55. The van der Waals surface area contributed by atoms with Crippen LogP contribution in [0, 0.1) is 6.92 Å². The van der Waals surface area contributed by atoms with Crippen molar-refractivity contribution in [3.8, 4) is 11.1 Å². The van der Waals surface area contributed by atoms with Crippen LogP contribution in [0.15, 0.2) is 61.2 Å². The first-order chi connectivity index (χ1) is 10.7. The third-order valence-corrected chi connectivity index (χ3v) is 3.92. The topological polar surface area (TPSA) is 37.8 Å². The van der Waals surface area contributed by atoms with Gasteiger partial charge in [-0.05, 0) is 41.8 Å². The van der Waals surface area contributed by atoms with Crippen LogP contribution in [0.5, 0.6) is 0 Å². The molecule has 22 heavy (non-hydrogen) atoms. The normalized spacial score (nSPS) is 10.5. The molecule has 0 atom stereocenters. The van der Waals surface area contributed by atoms with Crippen LogP contribution in [-0.4, -0.2) is 9.97 Å². The Kier molecular flexibility index (Phi) is 4.35. The molecular formula is C18H16ClN3. The maximum Gasteiger partial charge on any atom is 0.115 e. The lowest BCUT2D eigenvalue weighted by molar-refractivity contribution is 1.14. The summed E-state index contributed by atoms with van der Waals surface area (Å²) in [6, 6.07) is 14.3. The number of benzene rings is 2. The molecule has 0 aliphatic rings. The van der Waals surface area contributed by atoms with Gasteiger partial charge in [-0.3, -0.25) is 0 Å². The van der Waals surface area contributed by atoms with Crippen molar-refractivity contribution in [2.75, 3.05) is 5.32 Å². The summed E-state index contributed by atoms with van der Waals surface area (Å²) in [5, 5.41) is 4.22. The van der Waals surface area contributed by atoms with Gasteiger partial charge in [0.1, 0.15) is 6.33 Å². The molecule has 3 nitrogen and oxygen atoms in total. The quantitative estimate of drug-likeness (QED) is 0.758. The van der Waals surface area contributed by atoms with Crippen LogP contribution in [0.2, 0.25) is 5.02 Å². The van der Waals surface area contributed by atoms with Crippen molar-refractivity contribution in [3.05, 3.63) is 77.3 Å². The molecule has 0 fully saturated rings. The third kappa shape index (κ3) is 3.43. The highest BCUT2D eigenvalue weighted by molar-refractivity contribution is 6.31. The summed E-state index contributed by atoms with van der Waals surface area (Å²) in [7, 11) is 0. The second kappa shape index (κ2) is 6.58. The van der Waals surface area contributed by atoms with Gasteiger partial charge >= 0.3 is 0 Å². The maximum atomic E-state index is 6.04. The van der Waals surface area contributed by atoms with Gasteiger partial charge in [0.25, 0.3) is 0 Å². The van der Waals surface area contributed by atoms with E-state index >= 15 is 0 Å². The summed E-state index contributed by atoms with van der Waals surface area (Å²) < 4.78 is 0. The van der Waals surface area contributed by atoms with Gasteiger partial charge in [-0.2, -0.15) is 0 Å². The van der Waals surface area contributed by atoms with Crippen LogP contribution in [0.4, 0.5) is 5.69 Å². The largest absolute Gasteiger partial charge is 0.381 e. The molecule has 0 amide bonds. The summed E-state index contributed by atoms with van der Waals surface area (Å²) in [5.74, 6) is 0. The highest BCUT2D eigenvalue weighted by Gasteiger charge is 2.00. The zero-order chi connectivity index (χ0) is 15.4. The molecule has 110 valence electrons. The lowest BCUT2D eigenvalue weighted by Crippen LogP contribution is -1.99. The Morgan fingerprint density at radius 3 is 2.36 bits per heavy atom. The van der Waals surface area contributed by atoms with Crippen LogP contribution >= 0.6 is 11.6 Å². The SMILES string of the molecule is Cc1cc(CNc2ccc(-c3cncnc3)cc2)ccc1Cl. The Labute approximate surface area is 135 Å². The van der Waals surface area contributed by atoms with Crippen LogP contribution in [0.3, 0.4) is 0 Å². The van der Waals surface area contributed by atoms with Crippen molar-refractivity contribution in [1.82, 2.24) is 9.97 Å². The molecule has 3 rings (SSSR count). The Bertz CT molecular complexity index is 755.